The standard InChI is InChI=1S/C29H39N5O4S/c1-28(2,3)32-39(36,37)22-6-4-5-20(19-22)30-27(35)23-8-9-24(34-16-11-21-7-10-25(34)38-21)31-26(23)33-17-14-29(12-13-29)15-18-33/h4-6,8-9,19,21,25,32H,7,10-18H2,1-3H3,(H,30,35)/t21-,25+/m1/s1. The lowest BCUT2D eigenvalue weighted by Crippen LogP contribution is -2.42. The molecule has 4 fully saturated rings. The summed E-state index contributed by atoms with van der Waals surface area (Å²) in [6.45, 7) is 8.04. The molecule has 6 rings (SSSR count). The van der Waals surface area contributed by atoms with Crippen LogP contribution < -0.4 is 19.8 Å². The Kier molecular flexibility index (Phi) is 6.63. The van der Waals surface area contributed by atoms with Gasteiger partial charge in [0, 0.05) is 30.9 Å². The maximum absolute atomic E-state index is 13.6. The number of aromatic nitrogens is 1. The normalized spacial score (nSPS) is 24.2. The van der Waals surface area contributed by atoms with Gasteiger partial charge < -0.3 is 19.9 Å². The van der Waals surface area contributed by atoms with Crippen molar-refractivity contribution in [2.24, 2.45) is 5.41 Å². The van der Waals surface area contributed by atoms with Gasteiger partial charge in [0.2, 0.25) is 10.0 Å². The van der Waals surface area contributed by atoms with Gasteiger partial charge in [-0.05, 0) is 101 Å². The number of benzene rings is 1. The molecule has 2 N–H and O–H groups in total. The van der Waals surface area contributed by atoms with E-state index in [0.29, 0.717) is 28.6 Å². The number of pyridine rings is 1. The van der Waals surface area contributed by atoms with Crippen molar-refractivity contribution < 1.29 is 17.9 Å². The van der Waals surface area contributed by atoms with Crippen LogP contribution in [0.3, 0.4) is 0 Å². The molecule has 3 aliphatic heterocycles. The van der Waals surface area contributed by atoms with Gasteiger partial charge in [0.05, 0.1) is 16.6 Å². The third-order valence-electron chi connectivity index (χ3n) is 8.45. The summed E-state index contributed by atoms with van der Waals surface area (Å²) in [5.41, 5.74) is 0.799. The first-order valence-corrected chi connectivity index (χ1v) is 15.6. The first-order chi connectivity index (χ1) is 18.5. The van der Waals surface area contributed by atoms with Crippen molar-refractivity contribution in [3.05, 3.63) is 42.0 Å². The van der Waals surface area contributed by atoms with Crippen molar-refractivity contribution in [2.75, 3.05) is 34.8 Å². The number of ether oxygens (including phenoxy) is 1. The Balaban J connectivity index is 1.27. The number of amides is 1. The number of fused-ring (bicyclic) bond motifs is 2. The fourth-order valence-electron chi connectivity index (χ4n) is 6.11. The zero-order chi connectivity index (χ0) is 27.4. The number of nitrogens with zero attached hydrogens (tertiary/aromatic N) is 3. The lowest BCUT2D eigenvalue weighted by molar-refractivity contribution is 0.0148. The maximum Gasteiger partial charge on any atom is 0.259 e. The molecule has 0 radical (unpaired) electrons. The topological polar surface area (TPSA) is 104 Å². The van der Waals surface area contributed by atoms with Crippen molar-refractivity contribution in [3.63, 3.8) is 0 Å². The first kappa shape index (κ1) is 26.5. The van der Waals surface area contributed by atoms with Crippen molar-refractivity contribution in [1.82, 2.24) is 9.71 Å². The molecule has 3 saturated heterocycles. The van der Waals surface area contributed by atoms with Gasteiger partial charge in [0.1, 0.15) is 17.9 Å². The molecule has 1 aromatic carbocycles. The molecule has 9 nitrogen and oxygen atoms in total. The van der Waals surface area contributed by atoms with Gasteiger partial charge in [-0.3, -0.25) is 4.79 Å². The Hall–Kier alpha value is -2.69. The summed E-state index contributed by atoms with van der Waals surface area (Å²) < 4.78 is 34.5. The summed E-state index contributed by atoms with van der Waals surface area (Å²) in [6, 6.07) is 10.1. The highest BCUT2D eigenvalue weighted by atomic mass is 32.2. The lowest BCUT2D eigenvalue weighted by Gasteiger charge is -2.37. The molecule has 0 unspecified atom stereocenters. The zero-order valence-electron chi connectivity index (χ0n) is 23.1. The second-order valence-electron chi connectivity index (χ2n) is 12.6. The number of carbonyl (C=O) groups excluding carboxylic acids is 1. The van der Waals surface area contributed by atoms with E-state index in [9.17, 15) is 13.2 Å². The van der Waals surface area contributed by atoms with Gasteiger partial charge in [-0.1, -0.05) is 6.07 Å². The van der Waals surface area contributed by atoms with Gasteiger partial charge in [-0.25, -0.2) is 18.1 Å². The van der Waals surface area contributed by atoms with Crippen molar-refractivity contribution >= 4 is 33.3 Å². The largest absolute Gasteiger partial charge is 0.356 e. The monoisotopic (exact) mass is 553 g/mol. The van der Waals surface area contributed by atoms with E-state index in [2.05, 4.69) is 19.8 Å². The number of anilines is 3. The number of rotatable bonds is 6. The van der Waals surface area contributed by atoms with E-state index in [-0.39, 0.29) is 17.0 Å². The van der Waals surface area contributed by atoms with Gasteiger partial charge in [0.15, 0.2) is 0 Å². The predicted octanol–water partition coefficient (Wildman–Crippen LogP) is 4.51. The highest BCUT2D eigenvalue weighted by Crippen LogP contribution is 2.54. The third kappa shape index (κ3) is 5.64. The van der Waals surface area contributed by atoms with Gasteiger partial charge >= 0.3 is 0 Å². The maximum atomic E-state index is 13.6. The van der Waals surface area contributed by atoms with Crippen LogP contribution in [0.1, 0.15) is 76.1 Å². The van der Waals surface area contributed by atoms with Crippen LogP contribution in [0.5, 0.6) is 0 Å². The van der Waals surface area contributed by atoms with Crippen LogP contribution in [0.15, 0.2) is 41.3 Å². The fraction of sp³-hybridized carbons (Fsp3) is 0.586. The van der Waals surface area contributed by atoms with Gasteiger partial charge in [-0.15, -0.1) is 0 Å². The number of carbonyl (C=O) groups is 1. The molecule has 1 spiro atoms. The number of piperidine rings is 1. The van der Waals surface area contributed by atoms with Crippen LogP contribution in [0.25, 0.3) is 0 Å². The van der Waals surface area contributed by atoms with E-state index in [1.807, 2.05) is 12.1 Å². The molecule has 2 atom stereocenters. The molecule has 1 amide bonds. The lowest BCUT2D eigenvalue weighted by atomic mass is 9.93. The molecule has 1 aliphatic carbocycles. The summed E-state index contributed by atoms with van der Waals surface area (Å²) in [4.78, 5) is 23.3. The van der Waals surface area contributed by atoms with Crippen LogP contribution in [-0.2, 0) is 14.8 Å². The molecule has 2 aromatic rings. The minimum atomic E-state index is -3.73. The van der Waals surface area contributed by atoms with E-state index in [4.69, 9.17) is 9.72 Å². The van der Waals surface area contributed by atoms with Gasteiger partial charge in [0.25, 0.3) is 5.91 Å². The third-order valence-corrected chi connectivity index (χ3v) is 10.2. The van der Waals surface area contributed by atoms with Crippen molar-refractivity contribution in [3.8, 4) is 0 Å². The Morgan fingerprint density at radius 2 is 1.79 bits per heavy atom. The Morgan fingerprint density at radius 1 is 1.03 bits per heavy atom. The van der Waals surface area contributed by atoms with E-state index >= 15 is 0 Å². The summed E-state index contributed by atoms with van der Waals surface area (Å²) in [7, 11) is -3.73. The molecular formula is C29H39N5O4S. The van der Waals surface area contributed by atoms with Crippen LogP contribution in [0.4, 0.5) is 17.3 Å². The van der Waals surface area contributed by atoms with E-state index in [1.165, 1.54) is 25.0 Å². The van der Waals surface area contributed by atoms with Crippen LogP contribution >= 0.6 is 0 Å². The molecule has 10 heteroatoms. The quantitative estimate of drug-likeness (QED) is 0.543. The highest BCUT2D eigenvalue weighted by molar-refractivity contribution is 7.89. The average Bonchev–Trinajstić information content (AvgIpc) is 3.54. The molecule has 4 heterocycles. The fourth-order valence-corrected chi connectivity index (χ4v) is 7.57. The summed E-state index contributed by atoms with van der Waals surface area (Å²) in [5, 5.41) is 2.93. The first-order valence-electron chi connectivity index (χ1n) is 14.1. The molecule has 1 saturated carbocycles. The Labute approximate surface area is 231 Å². The number of hydrogen-bond donors (Lipinski definition) is 2. The average molecular weight is 554 g/mol. The van der Waals surface area contributed by atoms with Gasteiger partial charge in [-0.2, -0.15) is 0 Å². The molecule has 39 heavy (non-hydrogen) atoms. The Bertz CT molecular complexity index is 1360. The number of nitrogens with one attached hydrogen (secondary N) is 2. The van der Waals surface area contributed by atoms with Crippen LogP contribution in [0, 0.1) is 5.41 Å². The molecule has 2 bridgehead atoms. The number of hydrogen-bond acceptors (Lipinski definition) is 7. The minimum Gasteiger partial charge on any atom is -0.356 e. The van der Waals surface area contributed by atoms with Crippen molar-refractivity contribution in [1.29, 1.82) is 0 Å². The second kappa shape index (κ2) is 9.74. The highest BCUT2D eigenvalue weighted by Gasteiger charge is 2.45. The van der Waals surface area contributed by atoms with Crippen molar-refractivity contribution in [2.45, 2.75) is 88.5 Å². The van der Waals surface area contributed by atoms with Crippen LogP contribution in [0.2, 0.25) is 0 Å². The second-order valence-corrected chi connectivity index (χ2v) is 14.3. The molecule has 4 aliphatic rings. The number of sulfonamides is 1. The summed E-state index contributed by atoms with van der Waals surface area (Å²) in [5.74, 6) is 1.24. The molecular weight excluding hydrogens is 514 g/mol. The summed E-state index contributed by atoms with van der Waals surface area (Å²) in [6.07, 6.45) is 8.33. The molecule has 210 valence electrons. The smallest absolute Gasteiger partial charge is 0.259 e. The summed E-state index contributed by atoms with van der Waals surface area (Å²) >= 11 is 0. The van der Waals surface area contributed by atoms with Crippen LogP contribution in [-0.4, -0.2) is 56.8 Å². The molecule has 1 aromatic heterocycles. The Morgan fingerprint density at radius 3 is 2.51 bits per heavy atom. The van der Waals surface area contributed by atoms with E-state index in [1.54, 1.807) is 32.9 Å². The predicted molar refractivity (Wildman–Crippen MR) is 152 cm³/mol. The SMILES string of the molecule is CC(C)(C)NS(=O)(=O)c1cccc(NC(=O)c2ccc(N3CC[C@H]4CC[C@@H]3O4)nc2N2CCC3(CC2)CC3)c1. The van der Waals surface area contributed by atoms with E-state index < -0.39 is 15.6 Å². The zero-order valence-corrected chi connectivity index (χ0v) is 23.9. The minimum absolute atomic E-state index is 0.0475. The van der Waals surface area contributed by atoms with E-state index in [0.717, 1.165) is 57.6 Å².